The van der Waals surface area contributed by atoms with Crippen molar-refractivity contribution in [1.82, 2.24) is 4.98 Å². The molecule has 5 heteroatoms. The van der Waals surface area contributed by atoms with E-state index in [1.165, 1.54) is 18.2 Å². The van der Waals surface area contributed by atoms with E-state index in [9.17, 15) is 4.39 Å². The van der Waals surface area contributed by atoms with E-state index in [0.717, 1.165) is 0 Å². The minimum Gasteiger partial charge on any atom is -0.428 e. The molecule has 0 radical (unpaired) electrons. The summed E-state index contributed by atoms with van der Waals surface area (Å²) in [5.74, 6) is 0.224. The van der Waals surface area contributed by atoms with Crippen molar-refractivity contribution in [2.45, 2.75) is 19.8 Å². The fourth-order valence-electron chi connectivity index (χ4n) is 1.61. The molecule has 2 aromatic rings. The van der Waals surface area contributed by atoms with Crippen molar-refractivity contribution in [2.24, 2.45) is 0 Å². The third-order valence-electron chi connectivity index (χ3n) is 2.38. The van der Waals surface area contributed by atoms with Gasteiger partial charge in [-0.1, -0.05) is 25.4 Å². The predicted molar refractivity (Wildman–Crippen MR) is 65.4 cm³/mol. The minimum atomic E-state index is -0.399. The van der Waals surface area contributed by atoms with Crippen molar-refractivity contribution >= 4 is 17.6 Å². The molecule has 0 spiro atoms. The highest BCUT2D eigenvalue weighted by Crippen LogP contribution is 2.33. The molecule has 1 heterocycles. The molecule has 0 saturated carbocycles. The lowest BCUT2D eigenvalue weighted by atomic mass is 10.0. The van der Waals surface area contributed by atoms with Crippen LogP contribution in [-0.2, 0) is 0 Å². The molecule has 0 atom stereocenters. The zero-order valence-corrected chi connectivity index (χ0v) is 10.3. The summed E-state index contributed by atoms with van der Waals surface area (Å²) >= 11 is 5.85. The van der Waals surface area contributed by atoms with Gasteiger partial charge in [0.2, 0.25) is 0 Å². The third kappa shape index (κ3) is 2.26. The molecule has 0 aliphatic carbocycles. The minimum absolute atomic E-state index is 0.0306. The van der Waals surface area contributed by atoms with Crippen LogP contribution in [0.1, 0.15) is 25.5 Å². The zero-order valence-electron chi connectivity index (χ0n) is 9.50. The third-order valence-corrected chi connectivity index (χ3v) is 2.61. The summed E-state index contributed by atoms with van der Waals surface area (Å²) in [6, 6.07) is 4.33. The Morgan fingerprint density at radius 2 is 2.12 bits per heavy atom. The van der Waals surface area contributed by atoms with Gasteiger partial charge in [-0.2, -0.15) is 4.98 Å². The van der Waals surface area contributed by atoms with Crippen molar-refractivity contribution in [1.29, 1.82) is 0 Å². The maximum atomic E-state index is 13.7. The fourth-order valence-corrected chi connectivity index (χ4v) is 1.78. The molecule has 2 N–H and O–H groups in total. The second-order valence-corrected chi connectivity index (χ2v) is 4.48. The van der Waals surface area contributed by atoms with Gasteiger partial charge in [0, 0.05) is 16.5 Å². The molecule has 1 aromatic carbocycles. The van der Waals surface area contributed by atoms with Crippen LogP contribution in [0.25, 0.3) is 11.3 Å². The van der Waals surface area contributed by atoms with E-state index in [2.05, 4.69) is 4.98 Å². The average molecular weight is 255 g/mol. The number of nitrogen functional groups attached to an aromatic ring is 1. The second-order valence-electron chi connectivity index (χ2n) is 4.04. The van der Waals surface area contributed by atoms with E-state index in [4.69, 9.17) is 21.8 Å². The van der Waals surface area contributed by atoms with Crippen LogP contribution in [0.5, 0.6) is 0 Å². The molecule has 90 valence electrons. The lowest BCUT2D eigenvalue weighted by Crippen LogP contribution is -1.92. The van der Waals surface area contributed by atoms with Gasteiger partial charge in [-0.05, 0) is 18.2 Å². The Bertz CT molecular complexity index is 551. The Hall–Kier alpha value is -1.55. The molecular weight excluding hydrogens is 243 g/mol. The van der Waals surface area contributed by atoms with Crippen LogP contribution in [0.3, 0.4) is 0 Å². The number of oxazole rings is 1. The lowest BCUT2D eigenvalue weighted by molar-refractivity contribution is 0.500. The summed E-state index contributed by atoms with van der Waals surface area (Å²) < 4.78 is 19.0. The van der Waals surface area contributed by atoms with E-state index < -0.39 is 5.82 Å². The lowest BCUT2D eigenvalue weighted by Gasteiger charge is -2.05. The van der Waals surface area contributed by atoms with Crippen LogP contribution in [-0.4, -0.2) is 4.98 Å². The molecule has 0 aliphatic heterocycles. The van der Waals surface area contributed by atoms with Gasteiger partial charge in [-0.25, -0.2) is 4.39 Å². The summed E-state index contributed by atoms with van der Waals surface area (Å²) in [5, 5.41) is 0.442. The summed E-state index contributed by atoms with van der Waals surface area (Å²) in [6.07, 6.45) is 0. The molecule has 0 amide bonds. The topological polar surface area (TPSA) is 52.0 Å². The van der Waals surface area contributed by atoms with Crippen LogP contribution in [0.4, 0.5) is 10.4 Å². The smallest absolute Gasteiger partial charge is 0.292 e. The molecule has 0 saturated heterocycles. The highest BCUT2D eigenvalue weighted by Gasteiger charge is 2.19. The van der Waals surface area contributed by atoms with E-state index in [0.29, 0.717) is 22.0 Å². The van der Waals surface area contributed by atoms with Gasteiger partial charge >= 0.3 is 0 Å². The van der Waals surface area contributed by atoms with Crippen LogP contribution < -0.4 is 5.73 Å². The molecule has 0 unspecified atom stereocenters. The molecule has 1 aromatic heterocycles. The first-order chi connectivity index (χ1) is 7.99. The van der Waals surface area contributed by atoms with Gasteiger partial charge < -0.3 is 10.2 Å². The van der Waals surface area contributed by atoms with Crippen LogP contribution in [0.15, 0.2) is 22.6 Å². The van der Waals surface area contributed by atoms with Gasteiger partial charge in [0.1, 0.15) is 17.3 Å². The molecule has 2 rings (SSSR count). The van der Waals surface area contributed by atoms with E-state index in [1.807, 2.05) is 13.8 Å². The Kier molecular flexibility index (Phi) is 3.07. The first-order valence-electron chi connectivity index (χ1n) is 5.20. The number of hydrogen-bond acceptors (Lipinski definition) is 3. The van der Waals surface area contributed by atoms with Crippen molar-refractivity contribution in [2.75, 3.05) is 5.73 Å². The maximum Gasteiger partial charge on any atom is 0.292 e. The number of aromatic nitrogens is 1. The molecule has 0 aliphatic rings. The van der Waals surface area contributed by atoms with Crippen LogP contribution in [0.2, 0.25) is 5.02 Å². The number of rotatable bonds is 2. The van der Waals surface area contributed by atoms with Gasteiger partial charge in [-0.15, -0.1) is 0 Å². The molecule has 0 fully saturated rings. The van der Waals surface area contributed by atoms with Gasteiger partial charge in [0.25, 0.3) is 6.01 Å². The van der Waals surface area contributed by atoms with Crippen molar-refractivity contribution < 1.29 is 8.81 Å². The second kappa shape index (κ2) is 4.37. The molecule has 0 bridgehead atoms. The van der Waals surface area contributed by atoms with E-state index >= 15 is 0 Å². The highest BCUT2D eigenvalue weighted by molar-refractivity contribution is 6.30. The first-order valence-corrected chi connectivity index (χ1v) is 5.58. The number of halogens is 2. The highest BCUT2D eigenvalue weighted by atomic mass is 35.5. The normalized spacial score (nSPS) is 11.1. The molecule has 3 nitrogen and oxygen atoms in total. The summed E-state index contributed by atoms with van der Waals surface area (Å²) in [7, 11) is 0. The largest absolute Gasteiger partial charge is 0.428 e. The van der Waals surface area contributed by atoms with Crippen molar-refractivity contribution in [3.8, 4) is 11.3 Å². The van der Waals surface area contributed by atoms with E-state index in [-0.39, 0.29) is 11.9 Å². The van der Waals surface area contributed by atoms with E-state index in [1.54, 1.807) is 0 Å². The number of nitrogens with zero attached hydrogens (tertiary/aromatic N) is 1. The number of hydrogen-bond donors (Lipinski definition) is 1. The van der Waals surface area contributed by atoms with Crippen LogP contribution in [0, 0.1) is 5.82 Å². The Morgan fingerprint density at radius 1 is 1.41 bits per heavy atom. The summed E-state index contributed by atoms with van der Waals surface area (Å²) in [6.45, 7) is 3.85. The Balaban J connectivity index is 2.63. The van der Waals surface area contributed by atoms with Crippen molar-refractivity contribution in [3.05, 3.63) is 34.8 Å². The van der Waals surface area contributed by atoms with Crippen LogP contribution >= 0.6 is 11.6 Å². The monoisotopic (exact) mass is 254 g/mol. The predicted octanol–water partition coefficient (Wildman–Crippen LogP) is 3.84. The van der Waals surface area contributed by atoms with Gasteiger partial charge in [-0.3, -0.25) is 0 Å². The average Bonchev–Trinajstić information content (AvgIpc) is 2.64. The Morgan fingerprint density at radius 3 is 2.76 bits per heavy atom. The fraction of sp³-hybridized carbons (Fsp3) is 0.250. The number of benzene rings is 1. The van der Waals surface area contributed by atoms with Crippen molar-refractivity contribution in [3.63, 3.8) is 0 Å². The quantitative estimate of drug-likeness (QED) is 0.886. The SMILES string of the molecule is CC(C)c1oc(N)nc1-c1cc(Cl)ccc1F. The van der Waals surface area contributed by atoms with Gasteiger partial charge in [0.15, 0.2) is 0 Å². The zero-order chi connectivity index (χ0) is 12.6. The first kappa shape index (κ1) is 11.9. The standard InChI is InChI=1S/C12H12ClFN2O/c1-6(2)11-10(16-12(15)17-11)8-5-7(13)3-4-9(8)14/h3-6H,1-2H3,(H2,15,16). The number of anilines is 1. The molecule has 17 heavy (non-hydrogen) atoms. The number of nitrogens with two attached hydrogens (primary N) is 1. The molecular formula is C12H12ClFN2O. The van der Waals surface area contributed by atoms with Gasteiger partial charge in [0.05, 0.1) is 0 Å². The summed E-state index contributed by atoms with van der Waals surface area (Å²) in [4.78, 5) is 4.02. The Labute approximate surface area is 103 Å². The summed E-state index contributed by atoms with van der Waals surface area (Å²) in [5.41, 5.74) is 6.23. The maximum absolute atomic E-state index is 13.7.